The number of nitrogens with one attached hydrogen (secondary N) is 1. The first-order chi connectivity index (χ1) is 9.49. The van der Waals surface area contributed by atoms with Crippen LogP contribution in [0.2, 0.25) is 0 Å². The highest BCUT2D eigenvalue weighted by atomic mass is 19.4. The van der Waals surface area contributed by atoms with Gasteiger partial charge in [-0.25, -0.2) is 4.98 Å². The van der Waals surface area contributed by atoms with Gasteiger partial charge in [-0.1, -0.05) is 0 Å². The molecule has 6 heteroatoms. The number of alkyl halides is 3. The summed E-state index contributed by atoms with van der Waals surface area (Å²) in [4.78, 5) is 3.41. The van der Waals surface area contributed by atoms with Crippen LogP contribution in [-0.4, -0.2) is 24.2 Å². The largest absolute Gasteiger partial charge is 0.488 e. The molecule has 0 amide bonds. The molecule has 110 valence electrons. The van der Waals surface area contributed by atoms with E-state index in [4.69, 9.17) is 4.74 Å². The van der Waals surface area contributed by atoms with Crippen molar-refractivity contribution in [3.63, 3.8) is 0 Å². The van der Waals surface area contributed by atoms with Gasteiger partial charge in [-0.2, -0.15) is 13.2 Å². The van der Waals surface area contributed by atoms with Crippen molar-refractivity contribution in [1.29, 1.82) is 0 Å². The Morgan fingerprint density at radius 2 is 1.95 bits per heavy atom. The molecule has 1 saturated carbocycles. The SMILES string of the molecule is FC(F)(F)c1ncccc1OC1CC2(CCNCC2)C1. The summed E-state index contributed by atoms with van der Waals surface area (Å²) in [6, 6.07) is 2.83. The number of hydrogen-bond donors (Lipinski definition) is 1. The molecule has 0 atom stereocenters. The summed E-state index contributed by atoms with van der Waals surface area (Å²) >= 11 is 0. The highest BCUT2D eigenvalue weighted by Crippen LogP contribution is 2.49. The maximum Gasteiger partial charge on any atom is 0.437 e. The molecule has 1 aliphatic heterocycles. The molecule has 1 aromatic heterocycles. The van der Waals surface area contributed by atoms with Crippen molar-refractivity contribution in [2.75, 3.05) is 13.1 Å². The molecule has 1 spiro atoms. The number of piperidine rings is 1. The molecule has 2 heterocycles. The normalized spacial score (nSPS) is 22.6. The average molecular weight is 286 g/mol. The molecule has 0 bridgehead atoms. The minimum absolute atomic E-state index is 0.113. The van der Waals surface area contributed by atoms with Crippen LogP contribution < -0.4 is 10.1 Å². The van der Waals surface area contributed by atoms with Gasteiger partial charge in [0.25, 0.3) is 0 Å². The molecule has 2 fully saturated rings. The molecule has 0 radical (unpaired) electrons. The van der Waals surface area contributed by atoms with E-state index in [-0.39, 0.29) is 17.3 Å². The lowest BCUT2D eigenvalue weighted by atomic mass is 9.62. The van der Waals surface area contributed by atoms with Gasteiger partial charge in [0.2, 0.25) is 0 Å². The highest BCUT2D eigenvalue weighted by molar-refractivity contribution is 5.29. The first kappa shape index (κ1) is 13.7. The van der Waals surface area contributed by atoms with Gasteiger partial charge in [0, 0.05) is 6.20 Å². The average Bonchev–Trinajstić information content (AvgIpc) is 2.37. The Bertz CT molecular complexity index is 476. The maximum atomic E-state index is 12.8. The first-order valence-electron chi connectivity index (χ1n) is 6.88. The van der Waals surface area contributed by atoms with Crippen molar-refractivity contribution >= 4 is 0 Å². The summed E-state index contributed by atoms with van der Waals surface area (Å²) in [6.07, 6.45) is 0.440. The van der Waals surface area contributed by atoms with Crippen molar-refractivity contribution < 1.29 is 17.9 Å². The number of aromatic nitrogens is 1. The van der Waals surface area contributed by atoms with Crippen LogP contribution >= 0.6 is 0 Å². The molecular weight excluding hydrogens is 269 g/mol. The number of rotatable bonds is 2. The number of halogens is 3. The number of ether oxygens (including phenoxy) is 1. The molecule has 3 rings (SSSR count). The van der Waals surface area contributed by atoms with E-state index in [9.17, 15) is 13.2 Å². The molecule has 1 N–H and O–H groups in total. The van der Waals surface area contributed by atoms with Crippen molar-refractivity contribution in [1.82, 2.24) is 10.3 Å². The number of hydrogen-bond acceptors (Lipinski definition) is 3. The van der Waals surface area contributed by atoms with Crippen molar-refractivity contribution in [3.8, 4) is 5.75 Å². The van der Waals surface area contributed by atoms with Crippen LogP contribution in [0, 0.1) is 5.41 Å². The van der Waals surface area contributed by atoms with Crippen LogP contribution in [0.25, 0.3) is 0 Å². The van der Waals surface area contributed by atoms with Crippen LogP contribution in [0.1, 0.15) is 31.4 Å². The van der Waals surface area contributed by atoms with Crippen molar-refractivity contribution in [2.24, 2.45) is 5.41 Å². The van der Waals surface area contributed by atoms with E-state index in [1.165, 1.54) is 12.1 Å². The van der Waals surface area contributed by atoms with Gasteiger partial charge >= 0.3 is 6.18 Å². The summed E-state index contributed by atoms with van der Waals surface area (Å²) in [6.45, 7) is 1.99. The molecule has 1 saturated heterocycles. The Labute approximate surface area is 115 Å². The summed E-state index contributed by atoms with van der Waals surface area (Å²) in [7, 11) is 0. The molecule has 0 unspecified atom stereocenters. The van der Waals surface area contributed by atoms with Crippen LogP contribution in [0.4, 0.5) is 13.2 Å². The summed E-state index contributed by atoms with van der Waals surface area (Å²) < 4.78 is 44.0. The monoisotopic (exact) mass is 286 g/mol. The van der Waals surface area contributed by atoms with Gasteiger partial charge < -0.3 is 10.1 Å². The van der Waals surface area contributed by atoms with Crippen LogP contribution in [0.3, 0.4) is 0 Å². The predicted octanol–water partition coefficient (Wildman–Crippen LogP) is 3.01. The molecular formula is C14H17F3N2O. The Morgan fingerprint density at radius 3 is 2.60 bits per heavy atom. The van der Waals surface area contributed by atoms with Gasteiger partial charge in [0.1, 0.15) is 0 Å². The Kier molecular flexibility index (Phi) is 3.36. The third-order valence-electron chi connectivity index (χ3n) is 4.32. The smallest absolute Gasteiger partial charge is 0.437 e. The second-order valence-corrected chi connectivity index (χ2v) is 5.75. The highest BCUT2D eigenvalue weighted by Gasteiger charge is 2.46. The third kappa shape index (κ3) is 2.61. The summed E-state index contributed by atoms with van der Waals surface area (Å²) in [5, 5.41) is 3.30. The van der Waals surface area contributed by atoms with Crippen LogP contribution in [-0.2, 0) is 6.18 Å². The van der Waals surface area contributed by atoms with Crippen molar-refractivity contribution in [3.05, 3.63) is 24.0 Å². The number of nitrogens with zero attached hydrogens (tertiary/aromatic N) is 1. The lowest BCUT2D eigenvalue weighted by Crippen LogP contribution is -2.49. The standard InChI is InChI=1S/C14H17F3N2O/c15-14(16,17)12-11(2-1-5-19-12)20-10-8-13(9-10)3-6-18-7-4-13/h1-2,5,10,18H,3-4,6-9H2. The molecule has 1 aliphatic carbocycles. The topological polar surface area (TPSA) is 34.1 Å². The zero-order chi connectivity index (χ0) is 14.2. The zero-order valence-electron chi connectivity index (χ0n) is 11.0. The van der Waals surface area contributed by atoms with E-state index in [0.717, 1.165) is 45.0 Å². The van der Waals surface area contributed by atoms with E-state index < -0.39 is 11.9 Å². The van der Waals surface area contributed by atoms with Crippen LogP contribution in [0.5, 0.6) is 5.75 Å². The molecule has 3 nitrogen and oxygen atoms in total. The summed E-state index contributed by atoms with van der Waals surface area (Å²) in [5.41, 5.74) is -0.637. The lowest BCUT2D eigenvalue weighted by molar-refractivity contribution is -0.144. The van der Waals surface area contributed by atoms with E-state index in [1.807, 2.05) is 0 Å². The van der Waals surface area contributed by atoms with Gasteiger partial charge in [0.05, 0.1) is 6.10 Å². The van der Waals surface area contributed by atoms with Gasteiger partial charge in [-0.05, 0) is 56.3 Å². The fraction of sp³-hybridized carbons (Fsp3) is 0.643. The summed E-state index contributed by atoms with van der Waals surface area (Å²) in [5.74, 6) is -0.145. The number of pyridine rings is 1. The minimum atomic E-state index is -4.47. The Balaban J connectivity index is 1.65. The quantitative estimate of drug-likeness (QED) is 0.907. The molecule has 1 aromatic rings. The van der Waals surface area contributed by atoms with Crippen molar-refractivity contribution in [2.45, 2.75) is 38.0 Å². The van der Waals surface area contributed by atoms with Gasteiger partial charge in [-0.15, -0.1) is 0 Å². The van der Waals surface area contributed by atoms with Gasteiger partial charge in [0.15, 0.2) is 11.4 Å². The van der Waals surface area contributed by atoms with E-state index in [0.29, 0.717) is 0 Å². The second-order valence-electron chi connectivity index (χ2n) is 5.75. The fourth-order valence-corrected chi connectivity index (χ4v) is 3.23. The van der Waals surface area contributed by atoms with E-state index in [2.05, 4.69) is 10.3 Å². The third-order valence-corrected chi connectivity index (χ3v) is 4.32. The van der Waals surface area contributed by atoms with E-state index >= 15 is 0 Å². The molecule has 2 aliphatic rings. The molecule has 0 aromatic carbocycles. The first-order valence-corrected chi connectivity index (χ1v) is 6.88. The lowest BCUT2D eigenvalue weighted by Gasteiger charge is -2.49. The fourth-order valence-electron chi connectivity index (χ4n) is 3.23. The molecule has 20 heavy (non-hydrogen) atoms. The Hall–Kier alpha value is -1.30. The van der Waals surface area contributed by atoms with Crippen LogP contribution in [0.15, 0.2) is 18.3 Å². The Morgan fingerprint density at radius 1 is 1.25 bits per heavy atom. The second kappa shape index (κ2) is 4.91. The zero-order valence-corrected chi connectivity index (χ0v) is 11.0. The van der Waals surface area contributed by atoms with E-state index in [1.54, 1.807) is 0 Å². The predicted molar refractivity (Wildman–Crippen MR) is 67.4 cm³/mol. The van der Waals surface area contributed by atoms with Gasteiger partial charge in [-0.3, -0.25) is 0 Å². The minimum Gasteiger partial charge on any atom is -0.488 e. The maximum absolute atomic E-state index is 12.8.